The van der Waals surface area contributed by atoms with Crippen molar-refractivity contribution in [2.24, 2.45) is 0 Å². The van der Waals surface area contributed by atoms with E-state index < -0.39 is 23.4 Å². The number of hydrogen-bond donors (Lipinski definition) is 2. The van der Waals surface area contributed by atoms with Crippen LogP contribution < -0.4 is 15.5 Å². The van der Waals surface area contributed by atoms with Gasteiger partial charge in [-0.25, -0.2) is 8.78 Å². The lowest BCUT2D eigenvalue weighted by Crippen LogP contribution is -2.43. The van der Waals surface area contributed by atoms with Crippen LogP contribution in [0.3, 0.4) is 0 Å². The number of para-hydroxylation sites is 1. The van der Waals surface area contributed by atoms with Crippen molar-refractivity contribution in [1.29, 1.82) is 0 Å². The first-order chi connectivity index (χ1) is 12.0. The third-order valence-corrected chi connectivity index (χ3v) is 4.01. The summed E-state index contributed by atoms with van der Waals surface area (Å²) in [7, 11) is 0. The molecular formula is C18H17F2N3O2. The van der Waals surface area contributed by atoms with Crippen LogP contribution in [0.5, 0.6) is 0 Å². The molecule has 1 saturated heterocycles. The number of benzene rings is 2. The van der Waals surface area contributed by atoms with Gasteiger partial charge in [0.15, 0.2) is 0 Å². The van der Waals surface area contributed by atoms with E-state index in [1.165, 1.54) is 12.1 Å². The Balaban J connectivity index is 1.55. The van der Waals surface area contributed by atoms with Gasteiger partial charge in [-0.05, 0) is 30.7 Å². The lowest BCUT2D eigenvalue weighted by atomic mass is 10.2. The highest BCUT2D eigenvalue weighted by Crippen LogP contribution is 2.24. The first-order valence-electron chi connectivity index (χ1n) is 7.90. The van der Waals surface area contributed by atoms with Crippen molar-refractivity contribution in [1.82, 2.24) is 5.32 Å². The van der Waals surface area contributed by atoms with E-state index >= 15 is 0 Å². The summed E-state index contributed by atoms with van der Waals surface area (Å²) < 4.78 is 26.8. The average Bonchev–Trinajstić information content (AvgIpc) is 3.04. The molecule has 25 heavy (non-hydrogen) atoms. The van der Waals surface area contributed by atoms with E-state index in [4.69, 9.17) is 0 Å². The molecule has 130 valence electrons. The summed E-state index contributed by atoms with van der Waals surface area (Å²) in [6, 6.07) is 11.8. The minimum Gasteiger partial charge on any atom is -0.367 e. The van der Waals surface area contributed by atoms with Gasteiger partial charge in [-0.3, -0.25) is 9.59 Å². The summed E-state index contributed by atoms with van der Waals surface area (Å²) >= 11 is 0. The van der Waals surface area contributed by atoms with Crippen LogP contribution >= 0.6 is 0 Å². The monoisotopic (exact) mass is 345 g/mol. The Kier molecular flexibility index (Phi) is 4.92. The number of halogens is 2. The van der Waals surface area contributed by atoms with Crippen molar-refractivity contribution in [3.63, 3.8) is 0 Å². The zero-order chi connectivity index (χ0) is 17.8. The Morgan fingerprint density at radius 2 is 1.80 bits per heavy atom. The normalized spacial score (nSPS) is 16.6. The highest BCUT2D eigenvalue weighted by molar-refractivity contribution is 6.39. The minimum atomic E-state index is -0.752. The third kappa shape index (κ3) is 4.12. The van der Waals surface area contributed by atoms with Crippen LogP contribution in [0.4, 0.5) is 20.2 Å². The van der Waals surface area contributed by atoms with E-state index in [9.17, 15) is 18.4 Å². The molecule has 5 nitrogen and oxygen atoms in total. The number of carbonyl (C=O) groups is 2. The number of hydrogen-bond acceptors (Lipinski definition) is 3. The third-order valence-electron chi connectivity index (χ3n) is 4.01. The second-order valence-corrected chi connectivity index (χ2v) is 5.82. The van der Waals surface area contributed by atoms with Crippen molar-refractivity contribution >= 4 is 23.2 Å². The molecule has 0 spiro atoms. The largest absolute Gasteiger partial charge is 0.367 e. The second kappa shape index (κ2) is 7.29. The molecule has 7 heteroatoms. The van der Waals surface area contributed by atoms with E-state index in [1.807, 2.05) is 0 Å². The Labute approximate surface area is 143 Å². The average molecular weight is 345 g/mol. The van der Waals surface area contributed by atoms with Crippen LogP contribution in [-0.4, -0.2) is 30.9 Å². The van der Waals surface area contributed by atoms with Gasteiger partial charge < -0.3 is 15.5 Å². The molecule has 1 aliphatic heterocycles. The molecule has 0 radical (unpaired) electrons. The van der Waals surface area contributed by atoms with Gasteiger partial charge in [0.05, 0.1) is 5.69 Å². The van der Waals surface area contributed by atoms with E-state index in [-0.39, 0.29) is 11.7 Å². The van der Waals surface area contributed by atoms with Crippen LogP contribution in [0.25, 0.3) is 0 Å². The zero-order valence-corrected chi connectivity index (χ0v) is 13.3. The molecule has 1 aliphatic rings. The molecule has 0 saturated carbocycles. The van der Waals surface area contributed by atoms with E-state index in [0.717, 1.165) is 6.07 Å². The van der Waals surface area contributed by atoms with Gasteiger partial charge in [0.2, 0.25) is 0 Å². The molecule has 2 amide bonds. The van der Waals surface area contributed by atoms with Crippen molar-refractivity contribution in [2.45, 2.75) is 12.5 Å². The van der Waals surface area contributed by atoms with Crippen LogP contribution in [0, 0.1) is 11.6 Å². The van der Waals surface area contributed by atoms with Gasteiger partial charge in [-0.2, -0.15) is 0 Å². The lowest BCUT2D eigenvalue weighted by molar-refractivity contribution is -0.136. The summed E-state index contributed by atoms with van der Waals surface area (Å²) in [5.41, 5.74) is 0.816. The number of amides is 2. The molecule has 0 bridgehead atoms. The van der Waals surface area contributed by atoms with Crippen molar-refractivity contribution in [3.05, 3.63) is 60.2 Å². The topological polar surface area (TPSA) is 61.4 Å². The molecule has 2 N–H and O–H groups in total. The zero-order valence-electron chi connectivity index (χ0n) is 13.3. The van der Waals surface area contributed by atoms with Crippen LogP contribution in [0.1, 0.15) is 6.42 Å². The minimum absolute atomic E-state index is 0.279. The van der Waals surface area contributed by atoms with E-state index in [1.54, 1.807) is 35.2 Å². The lowest BCUT2D eigenvalue weighted by Gasteiger charge is -2.19. The first-order valence-corrected chi connectivity index (χ1v) is 7.90. The van der Waals surface area contributed by atoms with E-state index in [2.05, 4.69) is 10.6 Å². The Bertz CT molecular complexity index is 783. The number of rotatable bonds is 3. The fourth-order valence-electron chi connectivity index (χ4n) is 2.79. The summed E-state index contributed by atoms with van der Waals surface area (Å²) in [6.07, 6.45) is 0.571. The van der Waals surface area contributed by atoms with Crippen molar-refractivity contribution in [2.75, 3.05) is 23.3 Å². The maximum atomic E-state index is 13.8. The Hall–Kier alpha value is -2.96. The highest BCUT2D eigenvalue weighted by atomic mass is 19.1. The summed E-state index contributed by atoms with van der Waals surface area (Å²) in [5.74, 6) is -2.77. The Morgan fingerprint density at radius 1 is 1.04 bits per heavy atom. The number of nitrogens with one attached hydrogen (secondary N) is 2. The van der Waals surface area contributed by atoms with Crippen LogP contribution in [0.15, 0.2) is 48.5 Å². The molecule has 1 heterocycles. The summed E-state index contributed by atoms with van der Waals surface area (Å²) in [6.45, 7) is 0.862. The Morgan fingerprint density at radius 3 is 2.52 bits per heavy atom. The predicted molar refractivity (Wildman–Crippen MR) is 90.2 cm³/mol. The van der Waals surface area contributed by atoms with Gasteiger partial charge in [0, 0.05) is 30.9 Å². The first kappa shape index (κ1) is 16.9. The maximum Gasteiger partial charge on any atom is 0.313 e. The van der Waals surface area contributed by atoms with Gasteiger partial charge in [-0.15, -0.1) is 0 Å². The fourth-order valence-corrected chi connectivity index (χ4v) is 2.79. The second-order valence-electron chi connectivity index (χ2n) is 5.82. The summed E-state index contributed by atoms with van der Waals surface area (Å²) in [5, 5.41) is 5.15. The molecule has 0 aromatic heterocycles. The fraction of sp³-hybridized carbons (Fsp3) is 0.222. The molecule has 1 atom stereocenters. The number of anilines is 2. The van der Waals surface area contributed by atoms with Crippen molar-refractivity contribution in [3.8, 4) is 0 Å². The van der Waals surface area contributed by atoms with Crippen LogP contribution in [0.2, 0.25) is 0 Å². The number of nitrogens with zero attached hydrogens (tertiary/aromatic N) is 1. The molecule has 1 fully saturated rings. The highest BCUT2D eigenvalue weighted by Gasteiger charge is 2.27. The van der Waals surface area contributed by atoms with Crippen molar-refractivity contribution < 1.29 is 18.4 Å². The van der Waals surface area contributed by atoms with Gasteiger partial charge >= 0.3 is 11.8 Å². The summed E-state index contributed by atoms with van der Waals surface area (Å²) in [4.78, 5) is 25.6. The number of carbonyl (C=O) groups excluding carboxylic acids is 2. The molecule has 2 aromatic rings. The molecule has 2 aromatic carbocycles. The van der Waals surface area contributed by atoms with Gasteiger partial charge in [0.25, 0.3) is 0 Å². The predicted octanol–water partition coefficient (Wildman–Crippen LogP) is 2.30. The van der Waals surface area contributed by atoms with Gasteiger partial charge in [-0.1, -0.05) is 18.2 Å². The molecule has 0 aliphatic carbocycles. The van der Waals surface area contributed by atoms with E-state index in [0.29, 0.717) is 25.2 Å². The quantitative estimate of drug-likeness (QED) is 0.839. The smallest absolute Gasteiger partial charge is 0.313 e. The molecule has 3 rings (SSSR count). The molecular weight excluding hydrogens is 328 g/mol. The molecule has 1 unspecified atom stereocenters. The van der Waals surface area contributed by atoms with Gasteiger partial charge in [0.1, 0.15) is 11.6 Å². The SMILES string of the molecule is O=C(Nc1ccccc1)C(=O)NC1CCN(c2ccc(F)cc2F)C1. The maximum absolute atomic E-state index is 13.8. The van der Waals surface area contributed by atoms with Crippen LogP contribution in [-0.2, 0) is 9.59 Å². The standard InChI is InChI=1S/C18H17F2N3O2/c19-12-6-7-16(15(20)10-12)23-9-8-14(11-23)22-18(25)17(24)21-13-4-2-1-3-5-13/h1-7,10,14H,8-9,11H2,(H,21,24)(H,22,25).